The lowest BCUT2D eigenvalue weighted by molar-refractivity contribution is 0.0331. The maximum atomic E-state index is 5.50. The lowest BCUT2D eigenvalue weighted by atomic mass is 10.1. The topological polar surface area (TPSA) is 59.3 Å². The summed E-state index contributed by atoms with van der Waals surface area (Å²) in [5.41, 5.74) is 1.32. The van der Waals surface area contributed by atoms with Crippen LogP contribution in [0.3, 0.4) is 0 Å². The maximum Gasteiger partial charge on any atom is 0.146 e. The highest BCUT2D eigenvalue weighted by atomic mass is 32.1. The Morgan fingerprint density at radius 3 is 2.83 bits per heavy atom. The summed E-state index contributed by atoms with van der Waals surface area (Å²) in [7, 11) is 0. The number of rotatable bonds is 4. The molecule has 0 radical (unpaired) electrons. The third-order valence-electron chi connectivity index (χ3n) is 6.12. The number of fused-ring (bicyclic) bond motifs is 1. The van der Waals surface area contributed by atoms with Crippen molar-refractivity contribution in [1.29, 1.82) is 0 Å². The van der Waals surface area contributed by atoms with Gasteiger partial charge in [-0.1, -0.05) is 0 Å². The Balaban J connectivity index is 1.50. The number of aryl methyl sites for hydroxylation is 2. The predicted octanol–water partition coefficient (Wildman–Crippen LogP) is 3.18. The van der Waals surface area contributed by atoms with Crippen molar-refractivity contribution in [2.45, 2.75) is 39.3 Å². The van der Waals surface area contributed by atoms with Crippen LogP contribution in [0.15, 0.2) is 18.5 Å². The van der Waals surface area contributed by atoms with Gasteiger partial charge in [-0.15, -0.1) is 11.3 Å². The molecule has 0 saturated carbocycles. The second-order valence-electron chi connectivity index (χ2n) is 8.04. The first kappa shape index (κ1) is 19.0. The average Bonchev–Trinajstić information content (AvgIpc) is 3.37. The fraction of sp³-hybridized carbons (Fsp3) is 0.571. The third-order valence-corrected chi connectivity index (χ3v) is 7.22. The van der Waals surface area contributed by atoms with Crippen LogP contribution in [0.1, 0.15) is 35.1 Å². The van der Waals surface area contributed by atoms with Crippen LogP contribution in [0, 0.1) is 13.8 Å². The van der Waals surface area contributed by atoms with E-state index >= 15 is 0 Å². The smallest absolute Gasteiger partial charge is 0.146 e. The fourth-order valence-electron chi connectivity index (χ4n) is 4.39. The Kier molecular flexibility index (Phi) is 5.24. The van der Waals surface area contributed by atoms with Gasteiger partial charge in [0.05, 0.1) is 31.2 Å². The molecule has 0 spiro atoms. The Labute approximate surface area is 175 Å². The van der Waals surface area contributed by atoms with E-state index in [0.29, 0.717) is 6.04 Å². The number of nitrogens with zero attached hydrogens (tertiary/aromatic N) is 6. The normalized spacial score (nSPS) is 21.2. The minimum atomic E-state index is 0.395. The van der Waals surface area contributed by atoms with Crippen LogP contribution in [0.25, 0.3) is 10.2 Å². The van der Waals surface area contributed by atoms with E-state index in [4.69, 9.17) is 14.7 Å². The van der Waals surface area contributed by atoms with Crippen LogP contribution in [-0.4, -0.2) is 64.0 Å². The lowest BCUT2D eigenvalue weighted by Gasteiger charge is -2.34. The number of ether oxygens (including phenoxy) is 1. The van der Waals surface area contributed by atoms with Gasteiger partial charge in [-0.2, -0.15) is 5.10 Å². The summed E-state index contributed by atoms with van der Waals surface area (Å²) < 4.78 is 7.60. The molecule has 0 bridgehead atoms. The molecule has 0 aliphatic carbocycles. The Morgan fingerprint density at radius 2 is 2.03 bits per heavy atom. The van der Waals surface area contributed by atoms with Crippen LogP contribution in [0.2, 0.25) is 0 Å². The molecule has 5 rings (SSSR count). The van der Waals surface area contributed by atoms with Gasteiger partial charge in [0.25, 0.3) is 0 Å². The van der Waals surface area contributed by atoms with Gasteiger partial charge < -0.3 is 9.64 Å². The van der Waals surface area contributed by atoms with Gasteiger partial charge in [0, 0.05) is 43.4 Å². The quantitative estimate of drug-likeness (QED) is 0.656. The van der Waals surface area contributed by atoms with Crippen molar-refractivity contribution in [2.24, 2.45) is 0 Å². The minimum Gasteiger partial charge on any atom is -0.379 e. The molecule has 7 nitrogen and oxygen atoms in total. The number of morpholine rings is 1. The molecule has 5 heterocycles. The van der Waals surface area contributed by atoms with Gasteiger partial charge in [-0.25, -0.2) is 9.97 Å². The van der Waals surface area contributed by atoms with Gasteiger partial charge in [-0.05, 0) is 38.3 Å². The Bertz CT molecular complexity index is 979. The summed E-state index contributed by atoms with van der Waals surface area (Å²) in [4.78, 5) is 17.4. The molecule has 3 aromatic heterocycles. The largest absolute Gasteiger partial charge is 0.379 e. The molecule has 29 heavy (non-hydrogen) atoms. The van der Waals surface area contributed by atoms with Gasteiger partial charge in [-0.3, -0.25) is 9.58 Å². The molecule has 2 fully saturated rings. The van der Waals surface area contributed by atoms with E-state index in [1.165, 1.54) is 15.8 Å². The van der Waals surface area contributed by atoms with Gasteiger partial charge in [0.15, 0.2) is 0 Å². The van der Waals surface area contributed by atoms with Crippen molar-refractivity contribution in [2.75, 3.05) is 44.3 Å². The van der Waals surface area contributed by atoms with Crippen LogP contribution in [0.5, 0.6) is 0 Å². The highest BCUT2D eigenvalue weighted by Gasteiger charge is 2.26. The first-order valence-electron chi connectivity index (χ1n) is 10.5. The molecule has 154 valence electrons. The average molecular weight is 413 g/mol. The molecule has 2 saturated heterocycles. The van der Waals surface area contributed by atoms with E-state index in [1.807, 2.05) is 12.3 Å². The zero-order valence-corrected chi connectivity index (χ0v) is 18.0. The van der Waals surface area contributed by atoms with E-state index in [0.717, 1.165) is 75.3 Å². The number of anilines is 1. The second kappa shape index (κ2) is 8.01. The highest BCUT2D eigenvalue weighted by molar-refractivity contribution is 7.18. The number of hydrogen-bond acceptors (Lipinski definition) is 7. The summed E-state index contributed by atoms with van der Waals surface area (Å²) in [5.74, 6) is 2.04. The van der Waals surface area contributed by atoms with Gasteiger partial charge in [0.1, 0.15) is 16.5 Å². The van der Waals surface area contributed by atoms with Crippen molar-refractivity contribution >= 4 is 27.4 Å². The zero-order chi connectivity index (χ0) is 19.8. The SMILES string of the molecule is Cc1sc2nc(CN3CCOCC3)nc(N3CCCC(n4cccn4)C3)c2c1C. The van der Waals surface area contributed by atoms with Crippen molar-refractivity contribution in [3.8, 4) is 0 Å². The first-order chi connectivity index (χ1) is 14.2. The number of aromatic nitrogens is 4. The molecule has 1 unspecified atom stereocenters. The van der Waals surface area contributed by atoms with Crippen molar-refractivity contribution in [3.63, 3.8) is 0 Å². The molecular weight excluding hydrogens is 384 g/mol. The Morgan fingerprint density at radius 1 is 1.17 bits per heavy atom. The summed E-state index contributed by atoms with van der Waals surface area (Å²) in [6, 6.07) is 2.40. The van der Waals surface area contributed by atoms with Gasteiger partial charge in [0.2, 0.25) is 0 Å². The van der Waals surface area contributed by atoms with E-state index in [9.17, 15) is 0 Å². The molecule has 0 amide bonds. The van der Waals surface area contributed by atoms with E-state index in [2.05, 4.69) is 39.6 Å². The van der Waals surface area contributed by atoms with Crippen LogP contribution >= 0.6 is 11.3 Å². The summed E-state index contributed by atoms with van der Waals surface area (Å²) in [6.07, 6.45) is 6.26. The van der Waals surface area contributed by atoms with Gasteiger partial charge >= 0.3 is 0 Å². The Hall–Kier alpha value is -2.03. The fourth-order valence-corrected chi connectivity index (χ4v) is 5.43. The minimum absolute atomic E-state index is 0.395. The monoisotopic (exact) mass is 412 g/mol. The third kappa shape index (κ3) is 3.76. The van der Waals surface area contributed by atoms with E-state index in [-0.39, 0.29) is 0 Å². The summed E-state index contributed by atoms with van der Waals surface area (Å²) in [5, 5.41) is 5.72. The van der Waals surface area contributed by atoms with Crippen LogP contribution in [-0.2, 0) is 11.3 Å². The van der Waals surface area contributed by atoms with E-state index in [1.54, 1.807) is 11.3 Å². The second-order valence-corrected chi connectivity index (χ2v) is 9.25. The number of hydrogen-bond donors (Lipinski definition) is 0. The summed E-state index contributed by atoms with van der Waals surface area (Å²) >= 11 is 1.79. The van der Waals surface area contributed by atoms with E-state index < -0.39 is 0 Å². The lowest BCUT2D eigenvalue weighted by Crippen LogP contribution is -2.38. The molecule has 8 heteroatoms. The molecule has 3 aromatic rings. The highest BCUT2D eigenvalue weighted by Crippen LogP contribution is 2.37. The molecule has 2 aliphatic heterocycles. The number of thiophene rings is 1. The van der Waals surface area contributed by atoms with Crippen LogP contribution in [0.4, 0.5) is 5.82 Å². The zero-order valence-electron chi connectivity index (χ0n) is 17.2. The molecule has 0 aromatic carbocycles. The van der Waals surface area contributed by atoms with Crippen molar-refractivity contribution < 1.29 is 4.74 Å². The van der Waals surface area contributed by atoms with Crippen molar-refractivity contribution in [3.05, 3.63) is 34.7 Å². The maximum absolute atomic E-state index is 5.50. The van der Waals surface area contributed by atoms with Crippen molar-refractivity contribution in [1.82, 2.24) is 24.6 Å². The van der Waals surface area contributed by atoms with Crippen LogP contribution < -0.4 is 4.90 Å². The first-order valence-corrected chi connectivity index (χ1v) is 11.3. The molecule has 2 aliphatic rings. The summed E-state index contributed by atoms with van der Waals surface area (Å²) in [6.45, 7) is 10.7. The number of piperidine rings is 1. The standard InChI is InChI=1S/C21H28N6OS/c1-15-16(2)29-21-19(15)20(23-18(24-21)14-25-9-11-28-12-10-25)26-7-3-5-17(13-26)27-8-4-6-22-27/h4,6,8,17H,3,5,7,9-14H2,1-2H3. The molecular formula is C21H28N6OS. The molecule has 0 N–H and O–H groups in total. The predicted molar refractivity (Wildman–Crippen MR) is 116 cm³/mol. The molecule has 1 atom stereocenters.